The minimum absolute atomic E-state index is 0.0828. The van der Waals surface area contributed by atoms with Crippen molar-refractivity contribution in [3.8, 4) is 0 Å². The highest BCUT2D eigenvalue weighted by Crippen LogP contribution is 2.24. The van der Waals surface area contributed by atoms with Crippen LogP contribution in [0, 0.1) is 0 Å². The van der Waals surface area contributed by atoms with E-state index < -0.39 is 0 Å². The average molecular weight is 164 g/mol. The molecule has 1 heterocycles. The molecule has 0 amide bonds. The molecule has 2 rings (SSSR count). The van der Waals surface area contributed by atoms with Gasteiger partial charge in [-0.05, 0) is 12.8 Å². The molecule has 0 radical (unpaired) electrons. The molecule has 3 nitrogen and oxygen atoms in total. The van der Waals surface area contributed by atoms with Gasteiger partial charge in [-0.25, -0.2) is 4.79 Å². The Morgan fingerprint density at radius 3 is 2.42 bits per heavy atom. The van der Waals surface area contributed by atoms with Crippen LogP contribution in [-0.4, -0.2) is 18.4 Å². The number of ether oxygens (including phenoxy) is 1. The fraction of sp³-hybridized carbons (Fsp3) is 0.333. The fourth-order valence-electron chi connectivity index (χ4n) is 1.42. The van der Waals surface area contributed by atoms with Crippen LogP contribution in [0.2, 0.25) is 0 Å². The van der Waals surface area contributed by atoms with Gasteiger partial charge in [0.1, 0.15) is 0 Å². The third-order valence-electron chi connectivity index (χ3n) is 2.01. The molecule has 2 aliphatic rings. The van der Waals surface area contributed by atoms with Crippen molar-refractivity contribution in [2.24, 2.45) is 0 Å². The summed E-state index contributed by atoms with van der Waals surface area (Å²) in [5.41, 5.74) is 1.01. The summed E-state index contributed by atoms with van der Waals surface area (Å²) in [6.07, 6.45) is 5.26. The first-order valence-corrected chi connectivity index (χ1v) is 3.90. The fourth-order valence-corrected chi connectivity index (χ4v) is 1.42. The lowest BCUT2D eigenvalue weighted by Gasteiger charge is -2.18. The van der Waals surface area contributed by atoms with E-state index in [1.54, 1.807) is 6.08 Å². The summed E-state index contributed by atoms with van der Waals surface area (Å²) >= 11 is 0. The van der Waals surface area contributed by atoms with Crippen molar-refractivity contribution in [1.82, 2.24) is 0 Å². The van der Waals surface area contributed by atoms with E-state index in [9.17, 15) is 9.59 Å². The molecule has 0 spiro atoms. The molecule has 3 heteroatoms. The molecule has 0 N–H and O–H groups in total. The zero-order valence-electron chi connectivity index (χ0n) is 6.50. The Morgan fingerprint density at radius 1 is 1.08 bits per heavy atom. The third kappa shape index (κ3) is 0.978. The van der Waals surface area contributed by atoms with Gasteiger partial charge in [-0.2, -0.15) is 0 Å². The lowest BCUT2D eigenvalue weighted by molar-refractivity contribution is -0.145. The monoisotopic (exact) mass is 164 g/mol. The predicted molar refractivity (Wildman–Crippen MR) is 41.4 cm³/mol. The Balaban J connectivity index is 2.41. The first-order chi connectivity index (χ1) is 5.79. The van der Waals surface area contributed by atoms with Crippen LogP contribution in [-0.2, 0) is 14.3 Å². The molecule has 0 saturated carbocycles. The van der Waals surface area contributed by atoms with Crippen molar-refractivity contribution in [3.05, 3.63) is 23.3 Å². The van der Waals surface area contributed by atoms with Crippen LogP contribution < -0.4 is 0 Å². The molecule has 62 valence electrons. The van der Waals surface area contributed by atoms with E-state index in [4.69, 9.17) is 0 Å². The first-order valence-electron chi connectivity index (χ1n) is 3.90. The van der Waals surface area contributed by atoms with Crippen LogP contribution in [0.5, 0.6) is 0 Å². The molecule has 0 aromatic rings. The number of Topliss-reactive ketones (excluding diaryl/α,β-unsaturated/α-hetero) is 1. The number of cyclic esters (lactones) is 1. The smallest absolute Gasteiger partial charge is 0.338 e. The van der Waals surface area contributed by atoms with Crippen LogP contribution in [0.4, 0.5) is 0 Å². The van der Waals surface area contributed by atoms with Gasteiger partial charge in [0.2, 0.25) is 5.78 Å². The average Bonchev–Trinajstić information content (AvgIpc) is 2.12. The lowest BCUT2D eigenvalue weighted by Crippen LogP contribution is -2.27. The minimum atomic E-state index is -0.361. The molecule has 12 heavy (non-hydrogen) atoms. The number of carbonyl (C=O) groups is 2. The zero-order chi connectivity index (χ0) is 8.55. The van der Waals surface area contributed by atoms with E-state index in [0.717, 1.165) is 12.8 Å². The van der Waals surface area contributed by atoms with Gasteiger partial charge >= 0.3 is 5.97 Å². The van der Waals surface area contributed by atoms with Crippen molar-refractivity contribution in [1.29, 1.82) is 0 Å². The number of fused-ring (bicyclic) bond motifs is 1. The topological polar surface area (TPSA) is 43.4 Å². The van der Waals surface area contributed by atoms with E-state index in [0.29, 0.717) is 11.1 Å². The van der Waals surface area contributed by atoms with E-state index in [2.05, 4.69) is 4.74 Å². The van der Waals surface area contributed by atoms with Crippen molar-refractivity contribution < 1.29 is 14.3 Å². The molecule has 0 aromatic heterocycles. The Hall–Kier alpha value is -1.38. The van der Waals surface area contributed by atoms with Gasteiger partial charge in [0.25, 0.3) is 0 Å². The van der Waals surface area contributed by atoms with Crippen LogP contribution in [0.3, 0.4) is 0 Å². The van der Waals surface area contributed by atoms with Crippen LogP contribution >= 0.6 is 0 Å². The highest BCUT2D eigenvalue weighted by atomic mass is 16.5. The number of hydrogen-bond acceptors (Lipinski definition) is 3. The first kappa shape index (κ1) is 7.28. The van der Waals surface area contributed by atoms with E-state index >= 15 is 0 Å². The zero-order valence-corrected chi connectivity index (χ0v) is 6.50. The summed E-state index contributed by atoms with van der Waals surface area (Å²) < 4.78 is 4.66. The number of allylic oxidation sites excluding steroid dienone is 2. The maximum absolute atomic E-state index is 11.2. The number of ketones is 1. The molecule has 1 fully saturated rings. The van der Waals surface area contributed by atoms with Crippen molar-refractivity contribution in [3.63, 3.8) is 0 Å². The molecule has 1 saturated heterocycles. The van der Waals surface area contributed by atoms with Gasteiger partial charge in [0.15, 0.2) is 6.61 Å². The van der Waals surface area contributed by atoms with Crippen molar-refractivity contribution in [2.45, 2.75) is 12.8 Å². The molecular formula is C9H8O3. The quantitative estimate of drug-likeness (QED) is 0.496. The summed E-state index contributed by atoms with van der Waals surface area (Å²) in [7, 11) is 0. The van der Waals surface area contributed by atoms with Crippen molar-refractivity contribution in [2.75, 3.05) is 6.61 Å². The van der Waals surface area contributed by atoms with Crippen molar-refractivity contribution >= 4 is 11.8 Å². The molecule has 0 atom stereocenters. The highest BCUT2D eigenvalue weighted by molar-refractivity contribution is 6.14. The summed E-state index contributed by atoms with van der Waals surface area (Å²) in [5.74, 6) is -0.443. The van der Waals surface area contributed by atoms with Gasteiger partial charge < -0.3 is 4.74 Å². The summed E-state index contributed by atoms with van der Waals surface area (Å²) in [5, 5.41) is 0. The molecule has 0 unspecified atom stereocenters. The van der Waals surface area contributed by atoms with Crippen LogP contribution in [0.15, 0.2) is 23.3 Å². The molecule has 1 aliphatic heterocycles. The highest BCUT2D eigenvalue weighted by Gasteiger charge is 2.28. The lowest BCUT2D eigenvalue weighted by atomic mass is 9.93. The van der Waals surface area contributed by atoms with Crippen LogP contribution in [0.1, 0.15) is 12.8 Å². The standard InChI is InChI=1S/C9H8O3/c10-8-5-12-9(11)7-4-2-1-3-6(7)8/h3-4H,1-2,5H2. The van der Waals surface area contributed by atoms with E-state index in [1.165, 1.54) is 0 Å². The van der Waals surface area contributed by atoms with E-state index in [-0.39, 0.29) is 18.4 Å². The largest absolute Gasteiger partial charge is 0.454 e. The van der Waals surface area contributed by atoms with Gasteiger partial charge in [0.05, 0.1) is 5.57 Å². The molecular weight excluding hydrogens is 156 g/mol. The molecule has 1 aliphatic carbocycles. The molecule has 0 bridgehead atoms. The third-order valence-corrected chi connectivity index (χ3v) is 2.01. The number of carbonyl (C=O) groups excluding carboxylic acids is 2. The summed E-state index contributed by atoms with van der Waals surface area (Å²) in [6.45, 7) is -0.0952. The number of rotatable bonds is 0. The second kappa shape index (κ2) is 2.59. The summed E-state index contributed by atoms with van der Waals surface area (Å²) in [4.78, 5) is 22.3. The van der Waals surface area contributed by atoms with E-state index in [1.807, 2.05) is 6.08 Å². The van der Waals surface area contributed by atoms with Gasteiger partial charge in [0, 0.05) is 5.57 Å². The minimum Gasteiger partial charge on any atom is -0.454 e. The maximum atomic E-state index is 11.2. The second-order valence-electron chi connectivity index (χ2n) is 2.81. The Bertz CT molecular complexity index is 278. The van der Waals surface area contributed by atoms with Gasteiger partial charge in [-0.1, -0.05) is 12.2 Å². The van der Waals surface area contributed by atoms with Gasteiger partial charge in [-0.15, -0.1) is 0 Å². The number of hydrogen-bond donors (Lipinski definition) is 0. The Morgan fingerprint density at radius 2 is 1.75 bits per heavy atom. The Kier molecular flexibility index (Phi) is 1.57. The second-order valence-corrected chi connectivity index (χ2v) is 2.81. The summed E-state index contributed by atoms with van der Waals surface area (Å²) in [6, 6.07) is 0. The van der Waals surface area contributed by atoms with Gasteiger partial charge in [-0.3, -0.25) is 4.79 Å². The number of esters is 1. The maximum Gasteiger partial charge on any atom is 0.338 e. The normalized spacial score (nSPS) is 22.3. The van der Waals surface area contributed by atoms with Crippen LogP contribution in [0.25, 0.3) is 0 Å². The SMILES string of the molecule is O=C1COC(=O)C2=CCCC=C12. The molecule has 0 aromatic carbocycles. The Labute approximate surface area is 69.7 Å². The predicted octanol–water partition coefficient (Wildman–Crippen LogP) is 0.759.